The Labute approximate surface area is 158 Å². The van der Waals surface area contributed by atoms with Gasteiger partial charge in [0.15, 0.2) is 5.78 Å². The molecule has 0 atom stereocenters. The first kappa shape index (κ1) is 20.8. The third-order valence-electron chi connectivity index (χ3n) is 4.48. The zero-order valence-electron chi connectivity index (χ0n) is 15.1. The molecule has 0 amide bonds. The predicted molar refractivity (Wildman–Crippen MR) is 102 cm³/mol. The minimum Gasteiger partial charge on any atom is -0.462 e. The Hall–Kier alpha value is -2.54. The highest BCUT2D eigenvalue weighted by molar-refractivity contribution is 6.14. The Kier molecular flexibility index (Phi) is 7.67. The van der Waals surface area contributed by atoms with E-state index in [2.05, 4.69) is 0 Å². The molecule has 0 unspecified atom stereocenters. The van der Waals surface area contributed by atoms with Gasteiger partial charge in [0.05, 0.1) is 12.2 Å². The van der Waals surface area contributed by atoms with Gasteiger partial charge >= 0.3 is 5.97 Å². The number of rotatable bonds is 10. The Bertz CT molecular complexity index is 754. The fourth-order valence-electron chi connectivity index (χ4n) is 2.85. The molecule has 2 rings (SSSR count). The van der Waals surface area contributed by atoms with Gasteiger partial charge in [-0.05, 0) is 25.3 Å². The van der Waals surface area contributed by atoms with Gasteiger partial charge in [-0.3, -0.25) is 4.79 Å². The number of carbonyl (C=O) groups excluding carboxylic acids is 2. The summed E-state index contributed by atoms with van der Waals surface area (Å²) in [6, 6.07) is 15.2. The van der Waals surface area contributed by atoms with E-state index in [1.54, 1.807) is 48.5 Å². The summed E-state index contributed by atoms with van der Waals surface area (Å²) in [5, 5.41) is 18.2. The van der Waals surface area contributed by atoms with Crippen molar-refractivity contribution in [2.24, 2.45) is 5.73 Å². The molecular formula is C21H25NO5. The highest BCUT2D eigenvalue weighted by atomic mass is 16.5. The average molecular weight is 371 g/mol. The molecule has 144 valence electrons. The molecule has 0 aliphatic carbocycles. The number of ether oxygens (including phenoxy) is 1. The second-order valence-electron chi connectivity index (χ2n) is 6.44. The third-order valence-corrected chi connectivity index (χ3v) is 4.48. The second-order valence-corrected chi connectivity index (χ2v) is 6.44. The van der Waals surface area contributed by atoms with E-state index in [1.165, 1.54) is 0 Å². The molecule has 0 saturated carbocycles. The summed E-state index contributed by atoms with van der Waals surface area (Å²) in [6.45, 7) is -0.194. The summed E-state index contributed by atoms with van der Waals surface area (Å²) in [6.07, 6.45) is 0.900. The fourth-order valence-corrected chi connectivity index (χ4v) is 2.85. The highest BCUT2D eigenvalue weighted by Gasteiger charge is 2.25. The second kappa shape index (κ2) is 9.97. The molecule has 2 aromatic rings. The number of hydrogen-bond acceptors (Lipinski definition) is 6. The van der Waals surface area contributed by atoms with Gasteiger partial charge in [-0.2, -0.15) is 0 Å². The molecule has 0 fully saturated rings. The first-order valence-electron chi connectivity index (χ1n) is 8.87. The van der Waals surface area contributed by atoms with Crippen molar-refractivity contribution < 1.29 is 24.5 Å². The molecule has 4 N–H and O–H groups in total. The smallest absolute Gasteiger partial charge is 0.338 e. The van der Waals surface area contributed by atoms with Gasteiger partial charge < -0.3 is 20.7 Å². The van der Waals surface area contributed by atoms with E-state index < -0.39 is 11.5 Å². The van der Waals surface area contributed by atoms with Crippen LogP contribution in [0.4, 0.5) is 0 Å². The average Bonchev–Trinajstić information content (AvgIpc) is 2.68. The van der Waals surface area contributed by atoms with Gasteiger partial charge in [0, 0.05) is 29.9 Å². The number of hydrogen-bond donors (Lipinski definition) is 3. The van der Waals surface area contributed by atoms with E-state index >= 15 is 0 Å². The van der Waals surface area contributed by atoms with Crippen molar-refractivity contribution in [1.82, 2.24) is 0 Å². The topological polar surface area (TPSA) is 110 Å². The van der Waals surface area contributed by atoms with E-state index in [0.29, 0.717) is 24.8 Å². The van der Waals surface area contributed by atoms with Crippen molar-refractivity contribution >= 4 is 11.8 Å². The molecule has 0 aliphatic heterocycles. The molecule has 0 aromatic heterocycles. The number of aliphatic hydroxyl groups is 2. The molecule has 6 heteroatoms. The molecule has 0 aliphatic rings. The maximum absolute atomic E-state index is 12.7. The zero-order valence-corrected chi connectivity index (χ0v) is 15.1. The lowest BCUT2D eigenvalue weighted by atomic mass is 9.90. The van der Waals surface area contributed by atoms with Gasteiger partial charge in [0.1, 0.15) is 0 Å². The number of nitrogens with two attached hydrogens (primary N) is 1. The van der Waals surface area contributed by atoms with Crippen LogP contribution in [-0.4, -0.2) is 47.3 Å². The summed E-state index contributed by atoms with van der Waals surface area (Å²) < 4.78 is 5.31. The van der Waals surface area contributed by atoms with Crippen LogP contribution in [0, 0.1) is 0 Å². The van der Waals surface area contributed by atoms with Crippen LogP contribution >= 0.6 is 0 Å². The summed E-state index contributed by atoms with van der Waals surface area (Å²) >= 11 is 0. The first-order valence-corrected chi connectivity index (χ1v) is 8.87. The van der Waals surface area contributed by atoms with Gasteiger partial charge in [-0.1, -0.05) is 48.5 Å². The van der Waals surface area contributed by atoms with Crippen molar-refractivity contribution in [2.75, 3.05) is 19.8 Å². The number of esters is 1. The van der Waals surface area contributed by atoms with Crippen LogP contribution in [-0.2, 0) is 4.74 Å². The summed E-state index contributed by atoms with van der Waals surface area (Å²) in [5.41, 5.74) is 6.29. The van der Waals surface area contributed by atoms with Crippen LogP contribution in [0.5, 0.6) is 0 Å². The standard InChI is InChI=1S/C21H25NO5/c22-21(10-13-23,11-14-24)12-15-27-20(26)18-9-5-4-8-17(18)19(25)16-6-2-1-3-7-16/h1-9,23-24H,10-15,22H2. The summed E-state index contributed by atoms with van der Waals surface area (Å²) in [5.74, 6) is -0.859. The van der Waals surface area contributed by atoms with Crippen LogP contribution < -0.4 is 5.73 Å². The molecule has 0 saturated heterocycles. The van der Waals surface area contributed by atoms with E-state index in [-0.39, 0.29) is 36.7 Å². The monoisotopic (exact) mass is 371 g/mol. The molecule has 6 nitrogen and oxygen atoms in total. The van der Waals surface area contributed by atoms with Crippen LogP contribution in [0.25, 0.3) is 0 Å². The Morgan fingerprint density at radius 2 is 1.41 bits per heavy atom. The lowest BCUT2D eigenvalue weighted by Gasteiger charge is -2.27. The van der Waals surface area contributed by atoms with Gasteiger partial charge in [-0.15, -0.1) is 0 Å². The van der Waals surface area contributed by atoms with Crippen molar-refractivity contribution in [1.29, 1.82) is 0 Å². The van der Waals surface area contributed by atoms with Crippen LogP contribution in [0.2, 0.25) is 0 Å². The molecule has 0 bridgehead atoms. The zero-order chi connectivity index (χ0) is 19.7. The molecular weight excluding hydrogens is 346 g/mol. The van der Waals surface area contributed by atoms with E-state index in [0.717, 1.165) is 0 Å². The number of carbonyl (C=O) groups is 2. The van der Waals surface area contributed by atoms with E-state index in [9.17, 15) is 9.59 Å². The van der Waals surface area contributed by atoms with Crippen LogP contribution in [0.15, 0.2) is 54.6 Å². The Morgan fingerprint density at radius 1 is 0.852 bits per heavy atom. The quantitative estimate of drug-likeness (QED) is 0.435. The minimum atomic E-state index is -0.802. The maximum atomic E-state index is 12.7. The fraction of sp³-hybridized carbons (Fsp3) is 0.333. The van der Waals surface area contributed by atoms with E-state index in [1.807, 2.05) is 6.07 Å². The molecule has 0 heterocycles. The predicted octanol–water partition coefficient (Wildman–Crippen LogP) is 1.93. The summed E-state index contributed by atoms with van der Waals surface area (Å²) in [7, 11) is 0. The molecule has 27 heavy (non-hydrogen) atoms. The molecule has 0 spiro atoms. The highest BCUT2D eigenvalue weighted by Crippen LogP contribution is 2.19. The van der Waals surface area contributed by atoms with Gasteiger partial charge in [0.2, 0.25) is 0 Å². The van der Waals surface area contributed by atoms with Crippen molar-refractivity contribution in [3.05, 3.63) is 71.3 Å². The van der Waals surface area contributed by atoms with Crippen LogP contribution in [0.1, 0.15) is 45.5 Å². The number of benzene rings is 2. The molecule has 2 aromatic carbocycles. The maximum Gasteiger partial charge on any atom is 0.338 e. The first-order chi connectivity index (χ1) is 13.0. The molecule has 0 radical (unpaired) electrons. The minimum absolute atomic E-state index is 0.0309. The lowest BCUT2D eigenvalue weighted by molar-refractivity contribution is 0.0456. The largest absolute Gasteiger partial charge is 0.462 e. The van der Waals surface area contributed by atoms with Crippen molar-refractivity contribution in [2.45, 2.75) is 24.8 Å². The van der Waals surface area contributed by atoms with Gasteiger partial charge in [-0.25, -0.2) is 4.79 Å². The summed E-state index contributed by atoms with van der Waals surface area (Å²) in [4.78, 5) is 25.2. The third kappa shape index (κ3) is 5.72. The van der Waals surface area contributed by atoms with Gasteiger partial charge in [0.25, 0.3) is 0 Å². The SMILES string of the molecule is NC(CCO)(CCO)CCOC(=O)c1ccccc1C(=O)c1ccccc1. The Morgan fingerprint density at radius 3 is 2.00 bits per heavy atom. The van der Waals surface area contributed by atoms with Crippen molar-refractivity contribution in [3.63, 3.8) is 0 Å². The number of ketones is 1. The van der Waals surface area contributed by atoms with Crippen LogP contribution in [0.3, 0.4) is 0 Å². The Balaban J connectivity index is 2.08. The lowest BCUT2D eigenvalue weighted by Crippen LogP contribution is -2.43. The van der Waals surface area contributed by atoms with Crippen molar-refractivity contribution in [3.8, 4) is 0 Å². The number of aliphatic hydroxyl groups excluding tert-OH is 2. The van der Waals surface area contributed by atoms with E-state index in [4.69, 9.17) is 20.7 Å². The normalized spacial score (nSPS) is 11.2.